The zero-order valence-electron chi connectivity index (χ0n) is 30.3. The number of nitrogens with zero attached hydrogens (tertiary/aromatic N) is 8. The van der Waals surface area contributed by atoms with E-state index in [1.54, 1.807) is 24.3 Å². The number of anilines is 1. The maximum absolute atomic E-state index is 13.6. The molecular formula is C39H44FN9O5. The molecule has 3 fully saturated rings. The number of likely N-dealkylation sites (tertiary alicyclic amines) is 1. The number of benzene rings is 2. The molecule has 15 heteroatoms. The lowest BCUT2D eigenvalue weighted by atomic mass is 10.0. The summed E-state index contributed by atoms with van der Waals surface area (Å²) < 4.78 is 22.1. The Morgan fingerprint density at radius 1 is 0.870 bits per heavy atom. The number of hydrogen-bond acceptors (Lipinski definition) is 9. The van der Waals surface area contributed by atoms with Gasteiger partial charge in [0.2, 0.25) is 5.88 Å². The molecule has 5 heterocycles. The second-order valence-corrected chi connectivity index (χ2v) is 14.7. The summed E-state index contributed by atoms with van der Waals surface area (Å²) in [7, 11) is 2.17. The largest absolute Gasteiger partial charge is 0.439 e. The van der Waals surface area contributed by atoms with Gasteiger partial charge >= 0.3 is 11.7 Å². The molecule has 4 aromatic rings. The third-order valence-corrected chi connectivity index (χ3v) is 11.0. The summed E-state index contributed by atoms with van der Waals surface area (Å²) in [6.45, 7) is 7.18. The minimum absolute atomic E-state index is 0.0484. The van der Waals surface area contributed by atoms with E-state index in [1.807, 2.05) is 9.80 Å². The number of likely N-dealkylation sites (N-methyl/N-ethyl adjacent to an activating group) is 1. The highest BCUT2D eigenvalue weighted by atomic mass is 19.1. The van der Waals surface area contributed by atoms with E-state index in [1.165, 1.54) is 29.2 Å². The van der Waals surface area contributed by atoms with Crippen LogP contribution in [0.5, 0.6) is 11.6 Å². The molecule has 282 valence electrons. The third kappa shape index (κ3) is 7.64. The third-order valence-electron chi connectivity index (χ3n) is 11.0. The fourth-order valence-electron chi connectivity index (χ4n) is 7.59. The topological polar surface area (TPSA) is 138 Å². The molecule has 4 aliphatic rings. The van der Waals surface area contributed by atoms with Crippen molar-refractivity contribution in [2.24, 2.45) is 5.92 Å². The van der Waals surface area contributed by atoms with Crippen molar-refractivity contribution in [2.45, 2.75) is 51.2 Å². The lowest BCUT2D eigenvalue weighted by Crippen LogP contribution is -2.54. The smallest absolute Gasteiger partial charge is 0.335 e. The predicted octanol–water partition coefficient (Wildman–Crippen LogP) is 3.57. The second-order valence-electron chi connectivity index (χ2n) is 14.7. The van der Waals surface area contributed by atoms with Gasteiger partial charge in [-0.25, -0.2) is 28.5 Å². The maximum Gasteiger partial charge on any atom is 0.335 e. The fraction of sp³-hybridized carbons (Fsp3) is 0.436. The number of piperazine rings is 1. The normalized spacial score (nSPS) is 18.3. The highest BCUT2D eigenvalue weighted by molar-refractivity contribution is 6.03. The molecular weight excluding hydrogens is 693 g/mol. The van der Waals surface area contributed by atoms with Crippen molar-refractivity contribution in [3.05, 3.63) is 105 Å². The van der Waals surface area contributed by atoms with Crippen LogP contribution in [-0.2, 0) is 19.5 Å². The van der Waals surface area contributed by atoms with Crippen LogP contribution in [-0.4, -0.2) is 110 Å². The SMILES string of the molecule is CN1CCN(C2CCN(C(=O)N3CCc4c(ncnc4Oc4ccc(NC(=O)c5cn(CC6CC6)c(=O)n(-c6ccc(F)cc6)c5=O)cc4)C3)CC2)CC1. The van der Waals surface area contributed by atoms with Crippen LogP contribution in [0.1, 0.15) is 47.3 Å². The van der Waals surface area contributed by atoms with Crippen LogP contribution in [0.15, 0.2) is 70.6 Å². The first kappa shape index (κ1) is 35.6. The Balaban J connectivity index is 0.906. The minimum atomic E-state index is -0.796. The van der Waals surface area contributed by atoms with Crippen LogP contribution < -0.4 is 21.3 Å². The summed E-state index contributed by atoms with van der Waals surface area (Å²) in [5, 5.41) is 2.75. The molecule has 3 amide bonds. The van der Waals surface area contributed by atoms with Crippen molar-refractivity contribution in [3.8, 4) is 17.3 Å². The van der Waals surface area contributed by atoms with Gasteiger partial charge < -0.3 is 24.8 Å². The number of carbonyl (C=O) groups excluding carboxylic acids is 2. The molecule has 54 heavy (non-hydrogen) atoms. The quantitative estimate of drug-likeness (QED) is 0.288. The van der Waals surface area contributed by atoms with Gasteiger partial charge in [-0.2, -0.15) is 0 Å². The summed E-state index contributed by atoms with van der Waals surface area (Å²) >= 11 is 0. The molecule has 2 aromatic heterocycles. The van der Waals surface area contributed by atoms with Gasteiger partial charge in [0.05, 0.1) is 17.9 Å². The van der Waals surface area contributed by atoms with E-state index in [0.29, 0.717) is 55.3 Å². The van der Waals surface area contributed by atoms with Gasteiger partial charge in [-0.05, 0) is 93.6 Å². The molecule has 1 aliphatic carbocycles. The summed E-state index contributed by atoms with van der Waals surface area (Å²) in [5.41, 5.74) is 0.601. The monoisotopic (exact) mass is 737 g/mol. The number of rotatable bonds is 8. The Kier molecular flexibility index (Phi) is 9.99. The van der Waals surface area contributed by atoms with Crippen molar-refractivity contribution in [1.82, 2.24) is 38.7 Å². The molecule has 8 rings (SSSR count). The Labute approximate surface area is 311 Å². The van der Waals surface area contributed by atoms with Crippen molar-refractivity contribution in [3.63, 3.8) is 0 Å². The zero-order chi connectivity index (χ0) is 37.3. The number of amides is 3. The molecule has 1 N–H and O–H groups in total. The first-order valence-corrected chi connectivity index (χ1v) is 18.7. The molecule has 0 radical (unpaired) electrons. The minimum Gasteiger partial charge on any atom is -0.439 e. The molecule has 0 spiro atoms. The second kappa shape index (κ2) is 15.1. The summed E-state index contributed by atoms with van der Waals surface area (Å²) in [6.07, 6.45) is 7.22. The van der Waals surface area contributed by atoms with E-state index in [2.05, 4.69) is 32.1 Å². The van der Waals surface area contributed by atoms with Crippen molar-refractivity contribution in [2.75, 3.05) is 58.2 Å². The summed E-state index contributed by atoms with van der Waals surface area (Å²) in [5.74, 6) is 0.000639. The number of halogens is 1. The fourth-order valence-corrected chi connectivity index (χ4v) is 7.59. The number of nitrogens with one attached hydrogen (secondary N) is 1. The van der Waals surface area contributed by atoms with E-state index in [4.69, 9.17) is 4.74 Å². The predicted molar refractivity (Wildman–Crippen MR) is 199 cm³/mol. The highest BCUT2D eigenvalue weighted by Gasteiger charge is 2.33. The number of hydrogen-bond donors (Lipinski definition) is 1. The highest BCUT2D eigenvalue weighted by Crippen LogP contribution is 2.31. The molecule has 0 bridgehead atoms. The molecule has 3 aliphatic heterocycles. The zero-order valence-corrected chi connectivity index (χ0v) is 30.3. The first-order chi connectivity index (χ1) is 26.2. The van der Waals surface area contributed by atoms with Crippen LogP contribution in [0.3, 0.4) is 0 Å². The van der Waals surface area contributed by atoms with Crippen LogP contribution in [0.25, 0.3) is 5.69 Å². The lowest BCUT2D eigenvalue weighted by molar-refractivity contribution is 0.0674. The van der Waals surface area contributed by atoms with Gasteiger partial charge in [-0.15, -0.1) is 0 Å². The van der Waals surface area contributed by atoms with E-state index in [-0.39, 0.29) is 17.3 Å². The lowest BCUT2D eigenvalue weighted by Gasteiger charge is -2.43. The number of carbonyl (C=O) groups is 2. The van der Waals surface area contributed by atoms with Gasteiger partial charge in [0.1, 0.15) is 23.5 Å². The van der Waals surface area contributed by atoms with Gasteiger partial charge in [0.15, 0.2) is 0 Å². The van der Waals surface area contributed by atoms with Gasteiger partial charge in [0.25, 0.3) is 11.5 Å². The summed E-state index contributed by atoms with van der Waals surface area (Å²) in [4.78, 5) is 71.4. The van der Waals surface area contributed by atoms with Crippen molar-refractivity contribution < 1.29 is 18.7 Å². The number of ether oxygens (including phenoxy) is 1. The van der Waals surface area contributed by atoms with Crippen molar-refractivity contribution >= 4 is 17.6 Å². The maximum atomic E-state index is 13.6. The Morgan fingerprint density at radius 2 is 1.59 bits per heavy atom. The number of fused-ring (bicyclic) bond motifs is 1. The van der Waals surface area contributed by atoms with Crippen molar-refractivity contribution in [1.29, 1.82) is 0 Å². The standard InChI is InChI=1S/C39H44FN9O5/c1-44-18-20-45(21-19-44)29-12-15-46(16-13-29)38(52)47-17-14-32-34(24-47)41-25-42-36(32)54-31-10-6-28(7-11-31)43-35(50)33-23-48(22-26-2-3-26)39(53)49(37(33)51)30-8-4-27(40)5-9-30/h4-11,23,25-26,29H,2-3,12-22,24H2,1H3,(H,43,50). The molecule has 14 nitrogen and oxygen atoms in total. The average Bonchev–Trinajstić information content (AvgIpc) is 4.02. The first-order valence-electron chi connectivity index (χ1n) is 18.7. The van der Waals surface area contributed by atoms with Gasteiger partial charge in [-0.3, -0.25) is 19.1 Å². The van der Waals surface area contributed by atoms with Crippen LogP contribution in [0, 0.1) is 11.7 Å². The molecule has 2 saturated heterocycles. The number of urea groups is 1. The van der Waals surface area contributed by atoms with Gasteiger partial charge in [-0.1, -0.05) is 0 Å². The van der Waals surface area contributed by atoms with E-state index in [0.717, 1.165) is 92.9 Å². The number of piperidine rings is 1. The molecule has 2 aromatic carbocycles. The molecule has 0 unspecified atom stereocenters. The van der Waals surface area contributed by atoms with E-state index in [9.17, 15) is 23.6 Å². The Morgan fingerprint density at radius 3 is 2.30 bits per heavy atom. The van der Waals surface area contributed by atoms with Crippen LogP contribution in [0.4, 0.5) is 14.9 Å². The molecule has 0 atom stereocenters. The Hall–Kier alpha value is -5.41. The van der Waals surface area contributed by atoms with Crippen LogP contribution >= 0.6 is 0 Å². The summed E-state index contributed by atoms with van der Waals surface area (Å²) in [6, 6.07) is 12.2. The molecule has 1 saturated carbocycles. The average molecular weight is 738 g/mol. The van der Waals surface area contributed by atoms with Gasteiger partial charge in [0, 0.05) is 75.8 Å². The van der Waals surface area contributed by atoms with Crippen LogP contribution in [0.2, 0.25) is 0 Å². The van der Waals surface area contributed by atoms with E-state index >= 15 is 0 Å². The number of aromatic nitrogens is 4. The van der Waals surface area contributed by atoms with E-state index < -0.39 is 23.0 Å². The Bertz CT molecular complexity index is 2140.